The number of nitrogens with zero attached hydrogens (tertiary/aromatic N) is 4. The van der Waals surface area contributed by atoms with Crippen molar-refractivity contribution in [3.8, 4) is 11.3 Å². The SMILES string of the molecule is CC(C)(C)OC(=O)N1CCC(c2nc(-c3ccc(F)c(F)c3)cn2CC2CCCN2C(=O)OCc2ccccc2)CC1. The van der Waals surface area contributed by atoms with Crippen LogP contribution < -0.4 is 0 Å². The molecule has 0 bridgehead atoms. The molecule has 42 heavy (non-hydrogen) atoms. The molecule has 224 valence electrons. The largest absolute Gasteiger partial charge is 0.445 e. The molecule has 2 aliphatic rings. The van der Waals surface area contributed by atoms with E-state index in [0.717, 1.165) is 36.4 Å². The first-order valence-electron chi connectivity index (χ1n) is 14.5. The van der Waals surface area contributed by atoms with Gasteiger partial charge in [0.1, 0.15) is 18.0 Å². The van der Waals surface area contributed by atoms with Crippen LogP contribution in [-0.4, -0.2) is 62.8 Å². The highest BCUT2D eigenvalue weighted by Gasteiger charge is 2.33. The number of benzene rings is 2. The zero-order valence-electron chi connectivity index (χ0n) is 24.4. The predicted octanol–water partition coefficient (Wildman–Crippen LogP) is 6.74. The van der Waals surface area contributed by atoms with Crippen molar-refractivity contribution in [3.05, 3.63) is 77.8 Å². The molecule has 1 aromatic heterocycles. The van der Waals surface area contributed by atoms with Gasteiger partial charge in [0.2, 0.25) is 0 Å². The zero-order chi connectivity index (χ0) is 29.9. The van der Waals surface area contributed by atoms with Gasteiger partial charge in [-0.3, -0.25) is 0 Å². The van der Waals surface area contributed by atoms with Crippen LogP contribution in [0.25, 0.3) is 11.3 Å². The fraction of sp³-hybridized carbons (Fsp3) is 0.469. The fourth-order valence-corrected chi connectivity index (χ4v) is 5.64. The number of carbonyl (C=O) groups excluding carboxylic acids is 2. The first-order chi connectivity index (χ1) is 20.1. The smallest absolute Gasteiger partial charge is 0.410 e. The van der Waals surface area contributed by atoms with Crippen molar-refractivity contribution in [1.29, 1.82) is 0 Å². The lowest BCUT2D eigenvalue weighted by Gasteiger charge is -2.33. The van der Waals surface area contributed by atoms with Crippen LogP contribution in [0.15, 0.2) is 54.7 Å². The average Bonchev–Trinajstić information content (AvgIpc) is 3.61. The number of hydrogen-bond donors (Lipinski definition) is 0. The Morgan fingerprint density at radius 2 is 1.69 bits per heavy atom. The van der Waals surface area contributed by atoms with Crippen molar-refractivity contribution in [2.24, 2.45) is 0 Å². The Kier molecular flexibility index (Phi) is 8.80. The van der Waals surface area contributed by atoms with Gasteiger partial charge in [0.05, 0.1) is 11.7 Å². The fourth-order valence-electron chi connectivity index (χ4n) is 5.64. The summed E-state index contributed by atoms with van der Waals surface area (Å²) in [5.74, 6) is -0.994. The first-order valence-corrected chi connectivity index (χ1v) is 14.5. The molecule has 2 fully saturated rings. The number of halogens is 2. The van der Waals surface area contributed by atoms with E-state index in [0.29, 0.717) is 50.3 Å². The van der Waals surface area contributed by atoms with Gasteiger partial charge in [0, 0.05) is 43.9 Å². The van der Waals surface area contributed by atoms with Crippen molar-refractivity contribution in [1.82, 2.24) is 19.4 Å². The van der Waals surface area contributed by atoms with Crippen molar-refractivity contribution in [3.63, 3.8) is 0 Å². The lowest BCUT2D eigenvalue weighted by Crippen LogP contribution is -2.42. The molecule has 5 rings (SSSR count). The standard InChI is InChI=1S/C32H38F2N4O4/c1-32(2,3)42-30(39)36-16-13-23(14-17-36)29-35-28(24-11-12-26(33)27(34)18-24)20-37(29)19-25-10-7-15-38(25)31(40)41-21-22-8-5-4-6-9-22/h4-6,8-9,11-12,18,20,23,25H,7,10,13-17,19,21H2,1-3H3. The van der Waals surface area contributed by atoms with Crippen LogP contribution in [0.2, 0.25) is 0 Å². The van der Waals surface area contributed by atoms with Gasteiger partial charge >= 0.3 is 12.2 Å². The molecule has 3 aromatic rings. The Balaban J connectivity index is 1.34. The predicted molar refractivity (Wildman–Crippen MR) is 154 cm³/mol. The second-order valence-electron chi connectivity index (χ2n) is 12.0. The summed E-state index contributed by atoms with van der Waals surface area (Å²) in [7, 11) is 0. The first kappa shape index (κ1) is 29.5. The number of ether oxygens (including phenoxy) is 2. The number of amides is 2. The monoisotopic (exact) mass is 580 g/mol. The molecule has 2 amide bonds. The summed E-state index contributed by atoms with van der Waals surface area (Å²) in [4.78, 5) is 34.1. The van der Waals surface area contributed by atoms with E-state index in [1.165, 1.54) is 6.07 Å². The number of imidazole rings is 1. The lowest BCUT2D eigenvalue weighted by atomic mass is 9.96. The number of aromatic nitrogens is 2. The van der Waals surface area contributed by atoms with Gasteiger partial charge in [0.15, 0.2) is 11.6 Å². The van der Waals surface area contributed by atoms with E-state index >= 15 is 0 Å². The van der Waals surface area contributed by atoms with Crippen molar-refractivity contribution >= 4 is 12.2 Å². The Hall–Kier alpha value is -3.95. The maximum Gasteiger partial charge on any atom is 0.410 e. The van der Waals surface area contributed by atoms with E-state index in [9.17, 15) is 18.4 Å². The lowest BCUT2D eigenvalue weighted by molar-refractivity contribution is 0.0202. The summed E-state index contributed by atoms with van der Waals surface area (Å²) in [5, 5.41) is 0. The Morgan fingerprint density at radius 1 is 0.952 bits per heavy atom. The highest BCUT2D eigenvalue weighted by molar-refractivity contribution is 5.69. The molecule has 8 nitrogen and oxygen atoms in total. The summed E-state index contributed by atoms with van der Waals surface area (Å²) < 4.78 is 41.0. The number of piperidine rings is 1. The van der Waals surface area contributed by atoms with Crippen LogP contribution in [0.5, 0.6) is 0 Å². The summed E-state index contributed by atoms with van der Waals surface area (Å²) in [6.45, 7) is 7.89. The minimum Gasteiger partial charge on any atom is -0.445 e. The van der Waals surface area contributed by atoms with E-state index in [4.69, 9.17) is 14.5 Å². The van der Waals surface area contributed by atoms with Gasteiger partial charge in [-0.15, -0.1) is 0 Å². The van der Waals surface area contributed by atoms with E-state index < -0.39 is 17.2 Å². The van der Waals surface area contributed by atoms with Crippen LogP contribution in [0.3, 0.4) is 0 Å². The Bertz CT molecular complexity index is 1400. The summed E-state index contributed by atoms with van der Waals surface area (Å²) >= 11 is 0. The Morgan fingerprint density at radius 3 is 2.38 bits per heavy atom. The summed E-state index contributed by atoms with van der Waals surface area (Å²) in [5.41, 5.74) is 1.37. The van der Waals surface area contributed by atoms with Crippen molar-refractivity contribution < 1.29 is 27.8 Å². The molecule has 2 aromatic carbocycles. The molecule has 0 radical (unpaired) electrons. The van der Waals surface area contributed by atoms with Gasteiger partial charge < -0.3 is 23.8 Å². The molecule has 3 heterocycles. The normalized spacial score (nSPS) is 17.9. The van der Waals surface area contributed by atoms with E-state index in [-0.39, 0.29) is 30.8 Å². The molecular formula is C32H38F2N4O4. The molecule has 0 N–H and O–H groups in total. The molecule has 2 aliphatic heterocycles. The topological polar surface area (TPSA) is 76.9 Å². The van der Waals surface area contributed by atoms with Gasteiger partial charge in [-0.2, -0.15) is 0 Å². The van der Waals surface area contributed by atoms with Gasteiger partial charge in [0.25, 0.3) is 0 Å². The second kappa shape index (κ2) is 12.5. The van der Waals surface area contributed by atoms with Crippen molar-refractivity contribution in [2.75, 3.05) is 19.6 Å². The summed E-state index contributed by atoms with van der Waals surface area (Å²) in [6.07, 6.45) is 4.21. The van der Waals surface area contributed by atoms with Crippen LogP contribution in [0, 0.1) is 11.6 Å². The minimum atomic E-state index is -0.933. The highest BCUT2D eigenvalue weighted by Crippen LogP contribution is 2.32. The van der Waals surface area contributed by atoms with Crippen LogP contribution in [0.1, 0.15) is 63.8 Å². The minimum absolute atomic E-state index is 0.0441. The second-order valence-corrected chi connectivity index (χ2v) is 12.0. The molecule has 0 aliphatic carbocycles. The molecule has 1 unspecified atom stereocenters. The average molecular weight is 581 g/mol. The van der Waals surface area contributed by atoms with Gasteiger partial charge in [-0.05, 0) is 70.2 Å². The number of rotatable bonds is 6. The third kappa shape index (κ3) is 7.09. The maximum absolute atomic E-state index is 14.1. The van der Waals surface area contributed by atoms with Crippen molar-refractivity contribution in [2.45, 2.75) is 77.2 Å². The Labute approximate surface area is 245 Å². The van der Waals surface area contributed by atoms with Gasteiger partial charge in [-0.25, -0.2) is 23.4 Å². The van der Waals surface area contributed by atoms with Crippen LogP contribution >= 0.6 is 0 Å². The van der Waals surface area contributed by atoms with E-state index in [1.807, 2.05) is 61.9 Å². The zero-order valence-corrected chi connectivity index (χ0v) is 24.4. The molecule has 2 saturated heterocycles. The molecule has 0 saturated carbocycles. The van der Waals surface area contributed by atoms with E-state index in [1.54, 1.807) is 9.80 Å². The molecule has 10 heteroatoms. The number of likely N-dealkylation sites (tertiary alicyclic amines) is 2. The van der Waals surface area contributed by atoms with E-state index in [2.05, 4.69) is 0 Å². The third-order valence-corrected chi connectivity index (χ3v) is 7.76. The maximum atomic E-state index is 14.1. The molecule has 1 atom stereocenters. The van der Waals surface area contributed by atoms with Crippen LogP contribution in [-0.2, 0) is 22.6 Å². The number of hydrogen-bond acceptors (Lipinski definition) is 5. The highest BCUT2D eigenvalue weighted by atomic mass is 19.2. The number of carbonyl (C=O) groups is 2. The van der Waals surface area contributed by atoms with Crippen LogP contribution in [0.4, 0.5) is 18.4 Å². The van der Waals surface area contributed by atoms with Gasteiger partial charge in [-0.1, -0.05) is 30.3 Å². The molecular weight excluding hydrogens is 542 g/mol. The summed E-state index contributed by atoms with van der Waals surface area (Å²) in [6, 6.07) is 13.2. The quantitative estimate of drug-likeness (QED) is 0.323. The third-order valence-electron chi connectivity index (χ3n) is 7.76. The molecule has 0 spiro atoms.